The van der Waals surface area contributed by atoms with Crippen molar-refractivity contribution in [3.63, 3.8) is 0 Å². The summed E-state index contributed by atoms with van der Waals surface area (Å²) in [6.45, 7) is 0. The van der Waals surface area contributed by atoms with Crippen molar-refractivity contribution < 1.29 is 14.3 Å². The van der Waals surface area contributed by atoms with Crippen molar-refractivity contribution in [2.24, 2.45) is 4.99 Å². The average Bonchev–Trinajstić information content (AvgIpc) is 2.89. The predicted molar refractivity (Wildman–Crippen MR) is 90.1 cm³/mol. The molecule has 23 heavy (non-hydrogen) atoms. The molecule has 116 valence electrons. The van der Waals surface area contributed by atoms with E-state index >= 15 is 0 Å². The number of benzene rings is 2. The number of methoxy groups -OCH3 is 1. The van der Waals surface area contributed by atoms with Crippen LogP contribution in [0.4, 0.5) is 0 Å². The molecule has 0 radical (unpaired) electrons. The van der Waals surface area contributed by atoms with Crippen LogP contribution in [0.25, 0.3) is 6.08 Å². The van der Waals surface area contributed by atoms with Crippen LogP contribution in [-0.4, -0.2) is 19.0 Å². The lowest BCUT2D eigenvalue weighted by Crippen LogP contribution is -2.05. The van der Waals surface area contributed by atoms with Crippen LogP contribution in [0.3, 0.4) is 0 Å². The summed E-state index contributed by atoms with van der Waals surface area (Å²) in [7, 11) is 1.54. The molecular formula is C17H11Cl2NO3. The largest absolute Gasteiger partial charge is 0.496 e. The van der Waals surface area contributed by atoms with Crippen LogP contribution in [0.5, 0.6) is 5.75 Å². The number of hydrogen-bond acceptors (Lipinski definition) is 4. The summed E-state index contributed by atoms with van der Waals surface area (Å²) in [5.74, 6) is 0.200. The number of carbonyl (C=O) groups is 1. The van der Waals surface area contributed by atoms with Crippen molar-refractivity contribution in [3.05, 3.63) is 69.3 Å². The van der Waals surface area contributed by atoms with Gasteiger partial charge in [-0.1, -0.05) is 35.3 Å². The molecule has 0 bridgehead atoms. The summed E-state index contributed by atoms with van der Waals surface area (Å²) in [6, 6.07) is 12.1. The third-order valence-electron chi connectivity index (χ3n) is 3.21. The minimum absolute atomic E-state index is 0.153. The van der Waals surface area contributed by atoms with Gasteiger partial charge >= 0.3 is 5.97 Å². The Morgan fingerprint density at radius 1 is 1.17 bits per heavy atom. The van der Waals surface area contributed by atoms with Crippen LogP contribution in [0.2, 0.25) is 10.0 Å². The number of aliphatic imine (C=N–C) groups is 1. The van der Waals surface area contributed by atoms with E-state index in [2.05, 4.69) is 4.99 Å². The lowest BCUT2D eigenvalue weighted by atomic mass is 10.1. The maximum atomic E-state index is 12.0. The molecule has 1 aliphatic heterocycles. The Bertz CT molecular complexity index is 843. The summed E-state index contributed by atoms with van der Waals surface area (Å²) < 4.78 is 10.5. The number of halogens is 2. The summed E-state index contributed by atoms with van der Waals surface area (Å²) in [5.41, 5.74) is 1.35. The Balaban J connectivity index is 2.02. The number of hydrogen-bond donors (Lipinski definition) is 0. The van der Waals surface area contributed by atoms with Gasteiger partial charge in [0, 0.05) is 10.6 Å². The van der Waals surface area contributed by atoms with Crippen molar-refractivity contribution in [1.29, 1.82) is 0 Å². The molecule has 0 aromatic heterocycles. The molecule has 6 heteroatoms. The van der Waals surface area contributed by atoms with Gasteiger partial charge in [0.25, 0.3) is 0 Å². The molecule has 0 amide bonds. The molecule has 2 aromatic rings. The Hall–Kier alpha value is -2.30. The Kier molecular flexibility index (Phi) is 4.37. The van der Waals surface area contributed by atoms with Gasteiger partial charge in [-0.15, -0.1) is 0 Å². The maximum Gasteiger partial charge on any atom is 0.363 e. The van der Waals surface area contributed by atoms with Gasteiger partial charge in [0.05, 0.1) is 17.7 Å². The first-order valence-electron chi connectivity index (χ1n) is 6.69. The van der Waals surface area contributed by atoms with E-state index in [1.165, 1.54) is 7.11 Å². The van der Waals surface area contributed by atoms with Crippen molar-refractivity contribution in [1.82, 2.24) is 0 Å². The lowest BCUT2D eigenvalue weighted by Gasteiger charge is -2.04. The summed E-state index contributed by atoms with van der Waals surface area (Å²) >= 11 is 12.1. The van der Waals surface area contributed by atoms with Crippen LogP contribution >= 0.6 is 23.2 Å². The minimum atomic E-state index is -0.554. The highest BCUT2D eigenvalue weighted by atomic mass is 35.5. The molecule has 0 atom stereocenters. The molecule has 0 spiro atoms. The van der Waals surface area contributed by atoms with E-state index in [-0.39, 0.29) is 11.6 Å². The third-order valence-corrected chi connectivity index (χ3v) is 3.77. The number of rotatable bonds is 3. The van der Waals surface area contributed by atoms with Crippen molar-refractivity contribution in [2.45, 2.75) is 0 Å². The van der Waals surface area contributed by atoms with E-state index in [1.807, 2.05) is 0 Å². The van der Waals surface area contributed by atoms with Crippen molar-refractivity contribution >= 4 is 41.1 Å². The molecular weight excluding hydrogens is 337 g/mol. The smallest absolute Gasteiger partial charge is 0.363 e. The quantitative estimate of drug-likeness (QED) is 0.612. The molecule has 0 unspecified atom stereocenters. The van der Waals surface area contributed by atoms with Gasteiger partial charge in [-0.2, -0.15) is 0 Å². The number of esters is 1. The van der Waals surface area contributed by atoms with E-state index in [9.17, 15) is 4.79 Å². The van der Waals surface area contributed by atoms with E-state index in [0.29, 0.717) is 26.9 Å². The highest BCUT2D eigenvalue weighted by molar-refractivity contribution is 6.34. The first kappa shape index (κ1) is 15.6. The van der Waals surface area contributed by atoms with Gasteiger partial charge in [-0.05, 0) is 36.4 Å². The molecule has 4 nitrogen and oxygen atoms in total. The number of carbonyl (C=O) groups excluding carboxylic acids is 1. The zero-order valence-corrected chi connectivity index (χ0v) is 13.6. The summed E-state index contributed by atoms with van der Waals surface area (Å²) in [6.07, 6.45) is 1.57. The molecule has 1 heterocycles. The Morgan fingerprint density at radius 2 is 1.96 bits per heavy atom. The van der Waals surface area contributed by atoms with E-state index in [1.54, 1.807) is 48.5 Å². The zero-order valence-electron chi connectivity index (χ0n) is 12.0. The van der Waals surface area contributed by atoms with Gasteiger partial charge in [0.1, 0.15) is 5.75 Å². The maximum absolute atomic E-state index is 12.0. The molecule has 0 N–H and O–H groups in total. The highest BCUT2D eigenvalue weighted by Crippen LogP contribution is 2.28. The second-order valence-electron chi connectivity index (χ2n) is 4.70. The second-order valence-corrected chi connectivity index (χ2v) is 5.55. The van der Waals surface area contributed by atoms with Gasteiger partial charge in [0.2, 0.25) is 5.90 Å². The predicted octanol–water partition coefficient (Wildman–Crippen LogP) is 4.35. The Labute approximate surface area is 143 Å². The highest BCUT2D eigenvalue weighted by Gasteiger charge is 2.25. The molecule has 0 saturated heterocycles. The van der Waals surface area contributed by atoms with Gasteiger partial charge in [-0.3, -0.25) is 0 Å². The van der Waals surface area contributed by atoms with Crippen molar-refractivity contribution in [3.8, 4) is 5.75 Å². The average molecular weight is 348 g/mol. The van der Waals surface area contributed by atoms with Crippen molar-refractivity contribution in [2.75, 3.05) is 7.11 Å². The first-order valence-corrected chi connectivity index (χ1v) is 7.45. The first-order chi connectivity index (χ1) is 11.1. The normalized spacial score (nSPS) is 15.5. The van der Waals surface area contributed by atoms with Gasteiger partial charge in [-0.25, -0.2) is 9.79 Å². The van der Waals surface area contributed by atoms with E-state index in [4.69, 9.17) is 32.7 Å². The number of cyclic esters (lactones) is 1. The molecule has 0 saturated carbocycles. The van der Waals surface area contributed by atoms with Gasteiger partial charge in [0.15, 0.2) is 5.70 Å². The summed E-state index contributed by atoms with van der Waals surface area (Å²) in [5, 5.41) is 0.986. The van der Waals surface area contributed by atoms with Crippen LogP contribution < -0.4 is 4.74 Å². The molecule has 0 fully saturated rings. The van der Waals surface area contributed by atoms with Crippen LogP contribution in [0.1, 0.15) is 11.1 Å². The molecule has 3 rings (SSSR count). The van der Waals surface area contributed by atoms with E-state index < -0.39 is 5.97 Å². The van der Waals surface area contributed by atoms with Gasteiger partial charge < -0.3 is 9.47 Å². The standard InChI is InChI=1S/C17H11Cl2NO3/c1-22-15-7-6-11(18)8-10(15)9-14-17(21)23-16(20-14)12-4-2-3-5-13(12)19/h2-9H,1H3/b14-9+. The molecule has 0 aliphatic carbocycles. The van der Waals surface area contributed by atoms with Crippen LogP contribution in [0, 0.1) is 0 Å². The van der Waals surface area contributed by atoms with Crippen LogP contribution in [-0.2, 0) is 9.53 Å². The molecule has 1 aliphatic rings. The lowest BCUT2D eigenvalue weighted by molar-refractivity contribution is -0.129. The Morgan fingerprint density at radius 3 is 2.70 bits per heavy atom. The second kappa shape index (κ2) is 6.44. The number of ether oxygens (including phenoxy) is 2. The van der Waals surface area contributed by atoms with Crippen LogP contribution in [0.15, 0.2) is 53.2 Å². The fourth-order valence-corrected chi connectivity index (χ4v) is 2.52. The fraction of sp³-hybridized carbons (Fsp3) is 0.0588. The third kappa shape index (κ3) is 3.23. The zero-order chi connectivity index (χ0) is 16.4. The summed E-state index contributed by atoms with van der Waals surface area (Å²) in [4.78, 5) is 16.3. The monoisotopic (exact) mass is 347 g/mol. The SMILES string of the molecule is COc1ccc(Cl)cc1/C=C1/N=C(c2ccccc2Cl)OC1=O. The van der Waals surface area contributed by atoms with E-state index in [0.717, 1.165) is 0 Å². The minimum Gasteiger partial charge on any atom is -0.496 e. The topological polar surface area (TPSA) is 47.9 Å². The number of nitrogens with zero attached hydrogens (tertiary/aromatic N) is 1. The fourth-order valence-electron chi connectivity index (χ4n) is 2.12. The molecule has 2 aromatic carbocycles.